The molecule has 1 fully saturated rings. The highest BCUT2D eigenvalue weighted by Gasteiger charge is 2.25. The van der Waals surface area contributed by atoms with Gasteiger partial charge in [-0.15, -0.1) is 0 Å². The second kappa shape index (κ2) is 5.22. The van der Waals surface area contributed by atoms with Gasteiger partial charge in [-0.3, -0.25) is 0 Å². The van der Waals surface area contributed by atoms with Crippen molar-refractivity contribution in [2.45, 2.75) is 32.2 Å². The number of rotatable bonds is 1. The Labute approximate surface area is 115 Å². The summed E-state index contributed by atoms with van der Waals surface area (Å²) in [5, 5.41) is 12.6. The van der Waals surface area contributed by atoms with Crippen molar-refractivity contribution in [3.8, 4) is 6.07 Å². The van der Waals surface area contributed by atoms with E-state index in [-0.39, 0.29) is 5.92 Å². The molecule has 0 aromatic heterocycles. The Morgan fingerprint density at radius 2 is 2.32 bits per heavy atom. The predicted molar refractivity (Wildman–Crippen MR) is 77.2 cm³/mol. The SMILES string of the molecule is CC1CNCCN1c1cccc2c1CC(C#N)CC2. The van der Waals surface area contributed by atoms with Crippen molar-refractivity contribution in [1.82, 2.24) is 5.32 Å². The molecular weight excluding hydrogens is 234 g/mol. The van der Waals surface area contributed by atoms with E-state index in [1.54, 1.807) is 0 Å². The molecule has 1 aliphatic heterocycles. The lowest BCUT2D eigenvalue weighted by Crippen LogP contribution is -2.50. The molecule has 1 aromatic rings. The zero-order chi connectivity index (χ0) is 13.2. The summed E-state index contributed by atoms with van der Waals surface area (Å²) < 4.78 is 0. The number of nitrogens with zero attached hydrogens (tertiary/aromatic N) is 2. The number of aryl methyl sites for hydroxylation is 1. The fourth-order valence-corrected chi connectivity index (χ4v) is 3.35. The van der Waals surface area contributed by atoms with Gasteiger partial charge < -0.3 is 10.2 Å². The molecule has 2 unspecified atom stereocenters. The third kappa shape index (κ3) is 2.33. The van der Waals surface area contributed by atoms with Crippen molar-refractivity contribution < 1.29 is 0 Å². The molecule has 3 heteroatoms. The number of nitriles is 1. The van der Waals surface area contributed by atoms with Crippen LogP contribution in [0.1, 0.15) is 24.5 Å². The lowest BCUT2D eigenvalue weighted by atomic mass is 9.83. The molecule has 0 spiro atoms. The maximum absolute atomic E-state index is 9.20. The number of anilines is 1. The molecule has 100 valence electrons. The molecule has 1 saturated heterocycles. The summed E-state index contributed by atoms with van der Waals surface area (Å²) in [7, 11) is 0. The maximum atomic E-state index is 9.20. The van der Waals surface area contributed by atoms with Crippen LogP contribution >= 0.6 is 0 Å². The third-order valence-electron chi connectivity index (χ3n) is 4.45. The minimum Gasteiger partial charge on any atom is -0.366 e. The quantitative estimate of drug-likeness (QED) is 0.835. The molecular formula is C16H21N3. The lowest BCUT2D eigenvalue weighted by Gasteiger charge is -2.38. The van der Waals surface area contributed by atoms with Crippen molar-refractivity contribution in [1.29, 1.82) is 5.26 Å². The average molecular weight is 255 g/mol. The van der Waals surface area contributed by atoms with E-state index in [1.807, 2.05) is 0 Å². The Morgan fingerprint density at radius 1 is 1.42 bits per heavy atom. The fourth-order valence-electron chi connectivity index (χ4n) is 3.35. The Kier molecular flexibility index (Phi) is 3.44. The van der Waals surface area contributed by atoms with Crippen LogP contribution in [0, 0.1) is 17.2 Å². The summed E-state index contributed by atoms with van der Waals surface area (Å²) in [6.07, 6.45) is 3.00. The van der Waals surface area contributed by atoms with Gasteiger partial charge in [0.25, 0.3) is 0 Å². The Balaban J connectivity index is 1.96. The number of hydrogen-bond acceptors (Lipinski definition) is 3. The van der Waals surface area contributed by atoms with E-state index in [4.69, 9.17) is 0 Å². The summed E-state index contributed by atoms with van der Waals surface area (Å²) in [6.45, 7) is 5.44. The van der Waals surface area contributed by atoms with Crippen molar-refractivity contribution in [2.24, 2.45) is 5.92 Å². The van der Waals surface area contributed by atoms with Gasteiger partial charge in [-0.25, -0.2) is 0 Å². The zero-order valence-corrected chi connectivity index (χ0v) is 11.5. The molecule has 1 N–H and O–H groups in total. The number of benzene rings is 1. The lowest BCUT2D eigenvalue weighted by molar-refractivity contribution is 0.495. The van der Waals surface area contributed by atoms with E-state index >= 15 is 0 Å². The van der Waals surface area contributed by atoms with Crippen LogP contribution in [0.15, 0.2) is 18.2 Å². The number of fused-ring (bicyclic) bond motifs is 1. The third-order valence-corrected chi connectivity index (χ3v) is 4.45. The Bertz CT molecular complexity index is 503. The zero-order valence-electron chi connectivity index (χ0n) is 11.5. The van der Waals surface area contributed by atoms with Gasteiger partial charge in [0.05, 0.1) is 12.0 Å². The summed E-state index contributed by atoms with van der Waals surface area (Å²) >= 11 is 0. The Morgan fingerprint density at radius 3 is 3.11 bits per heavy atom. The smallest absolute Gasteiger partial charge is 0.0659 e. The van der Waals surface area contributed by atoms with Crippen LogP contribution in [0.5, 0.6) is 0 Å². The minimum absolute atomic E-state index is 0.201. The summed E-state index contributed by atoms with van der Waals surface area (Å²) in [6, 6.07) is 9.63. The van der Waals surface area contributed by atoms with Crippen molar-refractivity contribution in [3.63, 3.8) is 0 Å². The normalized spacial score (nSPS) is 26.6. The van der Waals surface area contributed by atoms with Gasteiger partial charge in [0.2, 0.25) is 0 Å². The molecule has 0 bridgehead atoms. The molecule has 1 heterocycles. The highest BCUT2D eigenvalue weighted by molar-refractivity contribution is 5.59. The van der Waals surface area contributed by atoms with Gasteiger partial charge in [-0.1, -0.05) is 12.1 Å². The monoisotopic (exact) mass is 255 g/mol. The van der Waals surface area contributed by atoms with Crippen LogP contribution in [0.2, 0.25) is 0 Å². The van der Waals surface area contributed by atoms with Crippen LogP contribution in [-0.2, 0) is 12.8 Å². The van der Waals surface area contributed by atoms with Gasteiger partial charge in [0, 0.05) is 31.4 Å². The second-order valence-electron chi connectivity index (χ2n) is 5.73. The molecule has 3 nitrogen and oxygen atoms in total. The fraction of sp³-hybridized carbons (Fsp3) is 0.562. The first-order chi connectivity index (χ1) is 9.29. The topological polar surface area (TPSA) is 39.1 Å². The average Bonchev–Trinajstić information content (AvgIpc) is 2.47. The maximum Gasteiger partial charge on any atom is 0.0659 e. The van der Waals surface area contributed by atoms with Gasteiger partial charge in [0.1, 0.15) is 0 Å². The van der Waals surface area contributed by atoms with Gasteiger partial charge in [-0.05, 0) is 43.4 Å². The first kappa shape index (κ1) is 12.5. The standard InChI is InChI=1S/C16H21N3/c1-12-11-18-7-8-19(12)16-4-2-3-14-6-5-13(10-17)9-15(14)16/h2-4,12-13,18H,5-9,11H2,1H3. The first-order valence-corrected chi connectivity index (χ1v) is 7.27. The van der Waals surface area contributed by atoms with E-state index < -0.39 is 0 Å². The molecule has 3 rings (SSSR count). The predicted octanol–water partition coefficient (Wildman–Crippen LogP) is 2.11. The van der Waals surface area contributed by atoms with Crippen LogP contribution in [0.25, 0.3) is 0 Å². The highest BCUT2D eigenvalue weighted by atomic mass is 15.2. The number of piperazine rings is 1. The van der Waals surface area contributed by atoms with E-state index in [0.717, 1.165) is 38.9 Å². The summed E-state index contributed by atoms with van der Waals surface area (Å²) in [5.41, 5.74) is 4.25. The van der Waals surface area contributed by atoms with E-state index in [1.165, 1.54) is 16.8 Å². The van der Waals surface area contributed by atoms with Crippen LogP contribution < -0.4 is 10.2 Å². The summed E-state index contributed by atoms with van der Waals surface area (Å²) in [5.74, 6) is 0.201. The largest absolute Gasteiger partial charge is 0.366 e. The van der Waals surface area contributed by atoms with Gasteiger partial charge in [0.15, 0.2) is 0 Å². The molecule has 2 aliphatic rings. The molecule has 19 heavy (non-hydrogen) atoms. The second-order valence-corrected chi connectivity index (χ2v) is 5.73. The molecule has 1 aromatic carbocycles. The van der Waals surface area contributed by atoms with Crippen molar-refractivity contribution in [3.05, 3.63) is 29.3 Å². The van der Waals surface area contributed by atoms with E-state index in [2.05, 4.69) is 41.4 Å². The van der Waals surface area contributed by atoms with Crippen LogP contribution in [0.4, 0.5) is 5.69 Å². The highest BCUT2D eigenvalue weighted by Crippen LogP contribution is 2.33. The molecule has 0 saturated carbocycles. The van der Waals surface area contributed by atoms with Gasteiger partial charge >= 0.3 is 0 Å². The molecule has 0 radical (unpaired) electrons. The molecule has 1 aliphatic carbocycles. The summed E-state index contributed by atoms with van der Waals surface area (Å²) in [4.78, 5) is 2.51. The minimum atomic E-state index is 0.201. The number of nitrogens with one attached hydrogen (secondary N) is 1. The Hall–Kier alpha value is -1.53. The molecule has 0 amide bonds. The van der Waals surface area contributed by atoms with Crippen LogP contribution in [-0.4, -0.2) is 25.7 Å². The van der Waals surface area contributed by atoms with Crippen molar-refractivity contribution in [2.75, 3.05) is 24.5 Å². The number of hydrogen-bond donors (Lipinski definition) is 1. The van der Waals surface area contributed by atoms with E-state index in [9.17, 15) is 5.26 Å². The van der Waals surface area contributed by atoms with E-state index in [0.29, 0.717) is 6.04 Å². The first-order valence-electron chi connectivity index (χ1n) is 7.27. The molecule has 2 atom stereocenters. The van der Waals surface area contributed by atoms with Crippen molar-refractivity contribution >= 4 is 5.69 Å². The van der Waals surface area contributed by atoms with Crippen LogP contribution in [0.3, 0.4) is 0 Å². The van der Waals surface area contributed by atoms with Gasteiger partial charge in [-0.2, -0.15) is 5.26 Å².